The van der Waals surface area contributed by atoms with Crippen molar-refractivity contribution in [3.8, 4) is 5.75 Å². The molecule has 1 amide bonds. The van der Waals surface area contributed by atoms with Gasteiger partial charge in [0.1, 0.15) is 11.8 Å². The van der Waals surface area contributed by atoms with Crippen LogP contribution >= 0.6 is 0 Å². The van der Waals surface area contributed by atoms with E-state index in [4.69, 9.17) is 4.74 Å². The summed E-state index contributed by atoms with van der Waals surface area (Å²) >= 11 is 0. The molecule has 0 heterocycles. The molecule has 2 aromatic rings. The van der Waals surface area contributed by atoms with Crippen LogP contribution in [0.2, 0.25) is 0 Å². The zero-order valence-electron chi connectivity index (χ0n) is 12.8. The predicted molar refractivity (Wildman–Crippen MR) is 81.9 cm³/mol. The van der Waals surface area contributed by atoms with Gasteiger partial charge in [0.2, 0.25) is 0 Å². The Morgan fingerprint density at radius 1 is 1.17 bits per heavy atom. The normalized spacial score (nSPS) is 11.6. The average Bonchev–Trinajstić information content (AvgIpc) is 2.57. The van der Waals surface area contributed by atoms with E-state index in [1.165, 1.54) is 13.2 Å². The number of carbonyl (C=O) groups excluding carboxylic acids is 1. The molecular formula is C17H15F2NO4. The Balaban J connectivity index is 2.14. The van der Waals surface area contributed by atoms with Gasteiger partial charge >= 0.3 is 5.97 Å². The molecule has 0 aliphatic carbocycles. The van der Waals surface area contributed by atoms with Gasteiger partial charge in [0.25, 0.3) is 5.91 Å². The van der Waals surface area contributed by atoms with Crippen molar-refractivity contribution in [3.05, 3.63) is 65.2 Å². The molecule has 0 aliphatic rings. The molecule has 2 rings (SSSR count). The third kappa shape index (κ3) is 4.07. The van der Waals surface area contributed by atoms with E-state index in [0.29, 0.717) is 11.3 Å². The lowest BCUT2D eigenvalue weighted by Crippen LogP contribution is -2.42. The zero-order valence-corrected chi connectivity index (χ0v) is 12.8. The van der Waals surface area contributed by atoms with E-state index in [9.17, 15) is 23.5 Å². The van der Waals surface area contributed by atoms with E-state index in [1.807, 2.05) is 0 Å². The van der Waals surface area contributed by atoms with Crippen molar-refractivity contribution < 1.29 is 28.2 Å². The third-order valence-electron chi connectivity index (χ3n) is 3.40. The maximum Gasteiger partial charge on any atom is 0.326 e. The summed E-state index contributed by atoms with van der Waals surface area (Å²) in [6, 6.07) is 8.47. The minimum Gasteiger partial charge on any atom is -0.497 e. The first-order valence-corrected chi connectivity index (χ1v) is 7.03. The van der Waals surface area contributed by atoms with Crippen LogP contribution < -0.4 is 10.1 Å². The monoisotopic (exact) mass is 335 g/mol. The number of amides is 1. The zero-order chi connectivity index (χ0) is 17.7. The third-order valence-corrected chi connectivity index (χ3v) is 3.40. The molecule has 7 heteroatoms. The Labute approximate surface area is 136 Å². The molecule has 0 fully saturated rings. The van der Waals surface area contributed by atoms with Gasteiger partial charge in [-0.05, 0) is 29.8 Å². The van der Waals surface area contributed by atoms with Crippen molar-refractivity contribution >= 4 is 11.9 Å². The molecule has 0 bridgehead atoms. The molecule has 0 spiro atoms. The number of ether oxygens (including phenoxy) is 1. The summed E-state index contributed by atoms with van der Waals surface area (Å²) in [4.78, 5) is 23.4. The Hall–Kier alpha value is -2.96. The summed E-state index contributed by atoms with van der Waals surface area (Å²) in [5, 5.41) is 11.4. The first-order chi connectivity index (χ1) is 11.4. The molecule has 0 aromatic heterocycles. The summed E-state index contributed by atoms with van der Waals surface area (Å²) in [5.41, 5.74) is 0.0965. The number of aliphatic carboxylic acids is 1. The summed E-state index contributed by atoms with van der Waals surface area (Å²) in [6.45, 7) is 0. The quantitative estimate of drug-likeness (QED) is 0.850. The topological polar surface area (TPSA) is 75.6 Å². The second-order valence-electron chi connectivity index (χ2n) is 5.02. The van der Waals surface area contributed by atoms with Crippen molar-refractivity contribution in [1.82, 2.24) is 5.32 Å². The van der Waals surface area contributed by atoms with Gasteiger partial charge in [0, 0.05) is 6.42 Å². The molecule has 5 nitrogen and oxygen atoms in total. The molecule has 2 N–H and O–H groups in total. The predicted octanol–water partition coefficient (Wildman–Crippen LogP) is 2.40. The van der Waals surface area contributed by atoms with Gasteiger partial charge in [0.05, 0.1) is 12.7 Å². The number of benzene rings is 2. The van der Waals surface area contributed by atoms with Gasteiger partial charge < -0.3 is 15.2 Å². The molecule has 0 unspecified atom stereocenters. The van der Waals surface area contributed by atoms with Gasteiger partial charge in [-0.2, -0.15) is 0 Å². The van der Waals surface area contributed by atoms with E-state index in [1.54, 1.807) is 24.3 Å². The van der Waals surface area contributed by atoms with E-state index >= 15 is 0 Å². The van der Waals surface area contributed by atoms with Crippen molar-refractivity contribution in [2.24, 2.45) is 0 Å². The molecule has 24 heavy (non-hydrogen) atoms. The molecule has 126 valence electrons. The summed E-state index contributed by atoms with van der Waals surface area (Å²) in [7, 11) is 1.50. The summed E-state index contributed by atoms with van der Waals surface area (Å²) in [6.07, 6.45) is -0.0119. The van der Waals surface area contributed by atoms with Gasteiger partial charge in [-0.3, -0.25) is 4.79 Å². The highest BCUT2D eigenvalue weighted by molar-refractivity contribution is 5.96. The fraction of sp³-hybridized carbons (Fsp3) is 0.176. The maximum atomic E-state index is 13.6. The highest BCUT2D eigenvalue weighted by Crippen LogP contribution is 2.14. The van der Waals surface area contributed by atoms with Crippen LogP contribution in [0.1, 0.15) is 15.9 Å². The number of methoxy groups -OCH3 is 1. The van der Waals surface area contributed by atoms with Crippen molar-refractivity contribution in [1.29, 1.82) is 0 Å². The van der Waals surface area contributed by atoms with Crippen LogP contribution in [0.5, 0.6) is 5.75 Å². The number of halogens is 2. The Morgan fingerprint density at radius 2 is 1.83 bits per heavy atom. The second kappa shape index (κ2) is 7.54. The van der Waals surface area contributed by atoms with Crippen LogP contribution in [0.15, 0.2) is 42.5 Å². The lowest BCUT2D eigenvalue weighted by Gasteiger charge is -2.15. The lowest BCUT2D eigenvalue weighted by atomic mass is 10.0. The van der Waals surface area contributed by atoms with Crippen LogP contribution in [-0.4, -0.2) is 30.1 Å². The molecule has 0 aliphatic heterocycles. The van der Waals surface area contributed by atoms with Crippen LogP contribution in [0, 0.1) is 11.6 Å². The molecule has 0 saturated carbocycles. The second-order valence-corrected chi connectivity index (χ2v) is 5.02. The minimum absolute atomic E-state index is 0.0119. The highest BCUT2D eigenvalue weighted by atomic mass is 19.2. The number of hydrogen-bond donors (Lipinski definition) is 2. The maximum absolute atomic E-state index is 13.6. The van der Waals surface area contributed by atoms with Crippen molar-refractivity contribution in [3.63, 3.8) is 0 Å². The fourth-order valence-electron chi connectivity index (χ4n) is 2.11. The first-order valence-electron chi connectivity index (χ1n) is 7.03. The SMILES string of the molecule is COc1ccc(C[C@H](NC(=O)c2cccc(F)c2F)C(=O)O)cc1. The Kier molecular flexibility index (Phi) is 5.47. The number of carbonyl (C=O) groups is 2. The first kappa shape index (κ1) is 17.4. The number of carboxylic acid groups (broad SMARTS) is 1. The smallest absolute Gasteiger partial charge is 0.326 e. The summed E-state index contributed by atoms with van der Waals surface area (Å²) < 4.78 is 31.8. The van der Waals surface area contributed by atoms with E-state index in [-0.39, 0.29) is 6.42 Å². The minimum atomic E-state index is -1.32. The highest BCUT2D eigenvalue weighted by Gasteiger charge is 2.23. The molecule has 0 saturated heterocycles. The fourth-order valence-corrected chi connectivity index (χ4v) is 2.11. The molecule has 0 radical (unpaired) electrons. The van der Waals surface area contributed by atoms with Gasteiger partial charge in [-0.1, -0.05) is 18.2 Å². The molecule has 2 aromatic carbocycles. The number of nitrogens with one attached hydrogen (secondary N) is 1. The van der Waals surface area contributed by atoms with Crippen molar-refractivity contribution in [2.75, 3.05) is 7.11 Å². The van der Waals surface area contributed by atoms with E-state index < -0.39 is 35.1 Å². The Bertz CT molecular complexity index is 747. The van der Waals surface area contributed by atoms with Crippen LogP contribution in [-0.2, 0) is 11.2 Å². The number of carboxylic acids is 1. The van der Waals surface area contributed by atoms with Crippen LogP contribution in [0.25, 0.3) is 0 Å². The number of rotatable bonds is 6. The van der Waals surface area contributed by atoms with Gasteiger partial charge in [-0.25, -0.2) is 13.6 Å². The standard InChI is InChI=1S/C17H15F2NO4/c1-24-11-7-5-10(6-8-11)9-14(17(22)23)20-16(21)12-3-2-4-13(18)15(12)19/h2-8,14H,9H2,1H3,(H,20,21)(H,22,23)/t14-/m0/s1. The van der Waals surface area contributed by atoms with Crippen LogP contribution in [0.3, 0.4) is 0 Å². The lowest BCUT2D eigenvalue weighted by molar-refractivity contribution is -0.139. The Morgan fingerprint density at radius 3 is 2.42 bits per heavy atom. The van der Waals surface area contributed by atoms with Crippen molar-refractivity contribution in [2.45, 2.75) is 12.5 Å². The average molecular weight is 335 g/mol. The van der Waals surface area contributed by atoms with Gasteiger partial charge in [-0.15, -0.1) is 0 Å². The van der Waals surface area contributed by atoms with E-state index in [0.717, 1.165) is 12.1 Å². The number of hydrogen-bond acceptors (Lipinski definition) is 3. The van der Waals surface area contributed by atoms with Gasteiger partial charge in [0.15, 0.2) is 11.6 Å². The molecule has 1 atom stereocenters. The van der Waals surface area contributed by atoms with E-state index in [2.05, 4.69) is 5.32 Å². The van der Waals surface area contributed by atoms with Crippen LogP contribution in [0.4, 0.5) is 8.78 Å². The largest absolute Gasteiger partial charge is 0.497 e. The summed E-state index contributed by atoms with van der Waals surface area (Å²) in [5.74, 6) is -4.16. The molecular weight excluding hydrogens is 320 g/mol.